The van der Waals surface area contributed by atoms with Gasteiger partial charge in [0, 0.05) is 11.1 Å². The van der Waals surface area contributed by atoms with Crippen LogP contribution in [0.1, 0.15) is 18.7 Å². The molecule has 0 fully saturated rings. The Morgan fingerprint density at radius 3 is 2.84 bits per heavy atom. The molecule has 1 aromatic carbocycles. The number of halogens is 1. The largest absolute Gasteiger partial charge is 0.466 e. The van der Waals surface area contributed by atoms with Crippen LogP contribution in [0.15, 0.2) is 61.7 Å². The lowest BCUT2D eigenvalue weighted by atomic mass is 10.00. The number of fused-ring (bicyclic) bond motifs is 1. The second kappa shape index (κ2) is 8.07. The molecule has 0 saturated heterocycles. The lowest BCUT2D eigenvalue weighted by Crippen LogP contribution is -2.38. The van der Waals surface area contributed by atoms with Gasteiger partial charge in [-0.15, -0.1) is 0 Å². The number of carbonyl (C=O) groups excluding carboxylic acids is 1. The Balaban J connectivity index is 1.87. The van der Waals surface area contributed by atoms with Crippen molar-refractivity contribution < 1.29 is 18.9 Å². The van der Waals surface area contributed by atoms with Gasteiger partial charge in [-0.2, -0.15) is 5.26 Å². The number of amidine groups is 1. The fourth-order valence-electron chi connectivity index (χ4n) is 3.49. The number of esters is 1. The summed E-state index contributed by atoms with van der Waals surface area (Å²) in [4.78, 5) is 29.7. The van der Waals surface area contributed by atoms with E-state index in [0.717, 1.165) is 11.8 Å². The number of nitriles is 1. The van der Waals surface area contributed by atoms with Crippen LogP contribution in [0, 0.1) is 21.4 Å². The van der Waals surface area contributed by atoms with Gasteiger partial charge < -0.3 is 14.9 Å². The third kappa shape index (κ3) is 3.39. The smallest absolute Gasteiger partial charge is 0.338 e. The molecule has 2 aliphatic rings. The van der Waals surface area contributed by atoms with Crippen LogP contribution in [0.5, 0.6) is 0 Å². The summed E-state index contributed by atoms with van der Waals surface area (Å²) in [6.07, 6.45) is 0. The minimum absolute atomic E-state index is 0.116. The molecule has 32 heavy (non-hydrogen) atoms. The van der Waals surface area contributed by atoms with Crippen molar-refractivity contribution in [1.82, 2.24) is 4.90 Å². The monoisotopic (exact) mass is 471 g/mol. The fourth-order valence-corrected chi connectivity index (χ4v) is 4.57. The van der Waals surface area contributed by atoms with Gasteiger partial charge in [-0.3, -0.25) is 15.0 Å². The van der Waals surface area contributed by atoms with Crippen molar-refractivity contribution >= 4 is 40.2 Å². The first-order valence-electron chi connectivity index (χ1n) is 9.05. The first-order valence-corrected chi connectivity index (χ1v) is 10.2. The number of benzene rings is 1. The normalized spacial score (nSPS) is 17.8. The second-order valence-electron chi connectivity index (χ2n) is 6.71. The lowest BCUT2D eigenvalue weighted by Gasteiger charge is -2.33. The SMILES string of the molecule is COC(=O)C1=C(C)N=C2SC(C#N)=C(N)N2[C@H]1c1ccc(-c2ccc(Cl)cc2[N+](=O)[O-])o1. The van der Waals surface area contributed by atoms with E-state index in [0.29, 0.717) is 10.9 Å². The van der Waals surface area contributed by atoms with Gasteiger partial charge in [-0.25, -0.2) is 9.79 Å². The van der Waals surface area contributed by atoms with Crippen molar-refractivity contribution in [1.29, 1.82) is 5.26 Å². The first kappa shape index (κ1) is 21.5. The van der Waals surface area contributed by atoms with Gasteiger partial charge in [-0.05, 0) is 43.0 Å². The molecule has 0 spiro atoms. The number of nitro benzene ring substituents is 1. The maximum atomic E-state index is 12.6. The van der Waals surface area contributed by atoms with E-state index in [4.69, 9.17) is 26.5 Å². The third-order valence-corrected chi connectivity index (χ3v) is 6.11. The van der Waals surface area contributed by atoms with Crippen LogP contribution in [0.25, 0.3) is 11.3 Å². The molecule has 2 aromatic rings. The van der Waals surface area contributed by atoms with Crippen LogP contribution in [0.3, 0.4) is 0 Å². The first-order chi connectivity index (χ1) is 15.3. The molecule has 10 nitrogen and oxygen atoms in total. The van der Waals surface area contributed by atoms with Gasteiger partial charge in [0.2, 0.25) is 0 Å². The highest BCUT2D eigenvalue weighted by Crippen LogP contribution is 2.46. The summed E-state index contributed by atoms with van der Waals surface area (Å²) in [5.74, 6) is -0.0668. The van der Waals surface area contributed by atoms with E-state index in [9.17, 15) is 20.2 Å². The number of nitrogens with two attached hydrogens (primary N) is 1. The number of thioether (sulfide) groups is 1. The number of rotatable bonds is 4. The zero-order chi connectivity index (χ0) is 23.2. The van der Waals surface area contributed by atoms with E-state index in [-0.39, 0.29) is 44.1 Å². The summed E-state index contributed by atoms with van der Waals surface area (Å²) in [6, 6.07) is 8.49. The molecule has 0 radical (unpaired) electrons. The maximum Gasteiger partial charge on any atom is 0.338 e. The Morgan fingerprint density at radius 2 is 2.19 bits per heavy atom. The number of ether oxygens (including phenoxy) is 1. The Kier molecular flexibility index (Phi) is 5.41. The predicted molar refractivity (Wildman–Crippen MR) is 117 cm³/mol. The molecule has 0 aliphatic carbocycles. The van der Waals surface area contributed by atoms with Crippen LogP contribution in [-0.4, -0.2) is 28.1 Å². The van der Waals surface area contributed by atoms with Gasteiger partial charge in [0.05, 0.1) is 28.9 Å². The highest BCUT2D eigenvalue weighted by molar-refractivity contribution is 8.17. The molecule has 0 saturated carbocycles. The zero-order valence-corrected chi connectivity index (χ0v) is 18.2. The van der Waals surface area contributed by atoms with E-state index in [1.54, 1.807) is 19.1 Å². The minimum Gasteiger partial charge on any atom is -0.466 e. The average molecular weight is 472 g/mol. The van der Waals surface area contributed by atoms with Gasteiger partial charge >= 0.3 is 5.97 Å². The van der Waals surface area contributed by atoms with E-state index in [2.05, 4.69) is 4.99 Å². The Hall–Kier alpha value is -3.75. The molecule has 3 heterocycles. The number of aliphatic imine (C=N–C) groups is 1. The Labute approximate surface area is 190 Å². The molecule has 1 aromatic heterocycles. The summed E-state index contributed by atoms with van der Waals surface area (Å²) >= 11 is 6.98. The molecule has 0 amide bonds. The molecule has 4 rings (SSSR count). The van der Waals surface area contributed by atoms with E-state index in [1.165, 1.54) is 30.2 Å². The third-order valence-electron chi connectivity index (χ3n) is 4.90. The van der Waals surface area contributed by atoms with Crippen molar-refractivity contribution in [3.63, 3.8) is 0 Å². The number of furan rings is 1. The number of nitro groups is 1. The van der Waals surface area contributed by atoms with Crippen molar-refractivity contribution in [3.05, 3.63) is 73.2 Å². The van der Waals surface area contributed by atoms with Crippen molar-refractivity contribution in [3.8, 4) is 17.4 Å². The van der Waals surface area contributed by atoms with Crippen molar-refractivity contribution in [2.75, 3.05) is 7.11 Å². The molecular formula is C20H14ClN5O5S. The number of hydrogen-bond acceptors (Lipinski definition) is 10. The van der Waals surface area contributed by atoms with Crippen molar-refractivity contribution in [2.24, 2.45) is 10.7 Å². The summed E-state index contributed by atoms with van der Waals surface area (Å²) in [5.41, 5.74) is 6.72. The summed E-state index contributed by atoms with van der Waals surface area (Å²) in [6.45, 7) is 1.64. The van der Waals surface area contributed by atoms with Gasteiger partial charge in [0.25, 0.3) is 5.69 Å². The number of nitrogens with zero attached hydrogens (tertiary/aromatic N) is 4. The fraction of sp³-hybridized carbons (Fsp3) is 0.150. The Bertz CT molecular complexity index is 1310. The van der Waals surface area contributed by atoms with E-state index < -0.39 is 16.9 Å². The van der Waals surface area contributed by atoms with Crippen LogP contribution >= 0.6 is 23.4 Å². The predicted octanol–water partition coefficient (Wildman–Crippen LogP) is 4.07. The van der Waals surface area contributed by atoms with Crippen molar-refractivity contribution in [2.45, 2.75) is 13.0 Å². The number of carbonyl (C=O) groups is 1. The Morgan fingerprint density at radius 1 is 1.44 bits per heavy atom. The van der Waals surface area contributed by atoms with Gasteiger partial charge in [0.1, 0.15) is 34.4 Å². The molecule has 162 valence electrons. The quantitative estimate of drug-likeness (QED) is 0.395. The molecule has 0 unspecified atom stereocenters. The van der Waals surface area contributed by atoms with E-state index in [1.807, 2.05) is 6.07 Å². The summed E-state index contributed by atoms with van der Waals surface area (Å²) < 4.78 is 10.9. The highest BCUT2D eigenvalue weighted by atomic mass is 35.5. The van der Waals surface area contributed by atoms with Crippen LogP contribution in [0.2, 0.25) is 5.02 Å². The molecule has 0 bridgehead atoms. The molecule has 12 heteroatoms. The second-order valence-corrected chi connectivity index (χ2v) is 8.12. The number of hydrogen-bond donors (Lipinski definition) is 1. The van der Waals surface area contributed by atoms with Crippen LogP contribution < -0.4 is 5.73 Å². The molecular weight excluding hydrogens is 458 g/mol. The highest BCUT2D eigenvalue weighted by Gasteiger charge is 2.44. The maximum absolute atomic E-state index is 12.6. The lowest BCUT2D eigenvalue weighted by molar-refractivity contribution is -0.384. The topological polar surface area (TPSA) is 148 Å². The average Bonchev–Trinajstić information content (AvgIpc) is 3.37. The summed E-state index contributed by atoms with van der Waals surface area (Å²) in [7, 11) is 1.24. The van der Waals surface area contributed by atoms with Crippen LogP contribution in [0.4, 0.5) is 5.69 Å². The summed E-state index contributed by atoms with van der Waals surface area (Å²) in [5, 5.41) is 21.5. The zero-order valence-electron chi connectivity index (χ0n) is 16.7. The minimum atomic E-state index is -0.881. The van der Waals surface area contributed by atoms with Gasteiger partial charge in [0.15, 0.2) is 5.17 Å². The molecule has 2 N–H and O–H groups in total. The van der Waals surface area contributed by atoms with Crippen LogP contribution in [-0.2, 0) is 9.53 Å². The molecule has 2 aliphatic heterocycles. The number of methoxy groups -OCH3 is 1. The standard InChI is InChI=1S/C20H14ClN5O5S/c1-9-16(19(27)30-2)17(25-18(23)15(8-22)32-20(25)24-9)14-6-5-13(31-14)11-4-3-10(21)7-12(11)26(28)29/h3-7,17H,23H2,1-2H3/t17-/m0/s1. The molecule has 1 atom stereocenters. The van der Waals surface area contributed by atoms with E-state index >= 15 is 0 Å². The number of allylic oxidation sites excluding steroid dienone is 2. The van der Waals surface area contributed by atoms with Gasteiger partial charge in [-0.1, -0.05) is 11.6 Å².